The van der Waals surface area contributed by atoms with Crippen LogP contribution in [0.2, 0.25) is 0 Å². The molecular formula is C23H30FN3OS. The third-order valence-electron chi connectivity index (χ3n) is 6.30. The summed E-state index contributed by atoms with van der Waals surface area (Å²) in [5, 5.41) is 9.70. The Morgan fingerprint density at radius 3 is 2.76 bits per heavy atom. The summed E-state index contributed by atoms with van der Waals surface area (Å²) in [5.74, 6) is 0. The van der Waals surface area contributed by atoms with Crippen LogP contribution in [-0.2, 0) is 16.7 Å². The summed E-state index contributed by atoms with van der Waals surface area (Å²) in [6.07, 6.45) is 3.95. The molecule has 6 heteroatoms. The third kappa shape index (κ3) is 4.69. The van der Waals surface area contributed by atoms with Crippen LogP contribution in [0.3, 0.4) is 0 Å². The van der Waals surface area contributed by atoms with Crippen LogP contribution in [0.4, 0.5) is 4.39 Å². The van der Waals surface area contributed by atoms with E-state index in [-0.39, 0.29) is 16.1 Å². The van der Waals surface area contributed by atoms with Gasteiger partial charge in [-0.05, 0) is 77.3 Å². The maximum absolute atomic E-state index is 13.4. The normalized spacial score (nSPS) is 21.2. The molecule has 0 N–H and O–H groups in total. The van der Waals surface area contributed by atoms with Gasteiger partial charge in [0.1, 0.15) is 0 Å². The molecule has 2 aromatic rings. The van der Waals surface area contributed by atoms with Crippen molar-refractivity contribution in [2.45, 2.75) is 58.6 Å². The zero-order chi connectivity index (χ0) is 21.1. The number of halogens is 1. The molecule has 2 atom stereocenters. The highest BCUT2D eigenvalue weighted by atomic mass is 32.1. The average Bonchev–Trinajstić information content (AvgIpc) is 3.32. The van der Waals surface area contributed by atoms with Crippen LogP contribution in [0.1, 0.15) is 49.7 Å². The highest BCUT2D eigenvalue weighted by Gasteiger charge is 2.48. The van der Waals surface area contributed by atoms with E-state index in [1.807, 2.05) is 32.2 Å². The molecule has 1 aliphatic rings. The van der Waals surface area contributed by atoms with Gasteiger partial charge in [-0.3, -0.25) is 9.88 Å². The minimum Gasteiger partial charge on any atom is -0.363 e. The lowest BCUT2D eigenvalue weighted by atomic mass is 9.77. The molecule has 3 rings (SSSR count). The van der Waals surface area contributed by atoms with E-state index in [0.29, 0.717) is 6.61 Å². The summed E-state index contributed by atoms with van der Waals surface area (Å²) in [6, 6.07) is 9.97. The van der Waals surface area contributed by atoms with Gasteiger partial charge in [-0.1, -0.05) is 6.07 Å². The Hall–Kier alpha value is -1.81. The largest absolute Gasteiger partial charge is 0.363 e. The van der Waals surface area contributed by atoms with E-state index in [2.05, 4.69) is 35.9 Å². The summed E-state index contributed by atoms with van der Waals surface area (Å²) < 4.78 is 19.3. The van der Waals surface area contributed by atoms with E-state index < -0.39 is 6.10 Å². The Morgan fingerprint density at radius 2 is 2.17 bits per heavy atom. The Labute approximate surface area is 177 Å². The maximum Gasteiger partial charge on any atom is 0.176 e. The van der Waals surface area contributed by atoms with Crippen molar-refractivity contribution in [3.63, 3.8) is 0 Å². The monoisotopic (exact) mass is 415 g/mol. The number of rotatable bonds is 8. The molecule has 156 valence electrons. The van der Waals surface area contributed by atoms with Gasteiger partial charge in [0, 0.05) is 40.9 Å². The standard InChI is InChI=1S/C23H30FN3OS/c1-5-28-20(14-25)23(11-10-19-8-9-21(24)29-19)12-13-27(16-23)22(3,4)18-7-6-17(2)26-15-18/h6-9,15,20H,5,10-13,16H2,1-4H3. The second kappa shape index (κ2) is 8.91. The Balaban J connectivity index is 1.83. The first kappa shape index (κ1) is 21.9. The number of nitrogens with zero attached hydrogens (tertiary/aromatic N) is 3. The number of ether oxygens (including phenoxy) is 1. The van der Waals surface area contributed by atoms with Crippen LogP contribution < -0.4 is 0 Å². The predicted molar refractivity (Wildman–Crippen MR) is 114 cm³/mol. The number of nitriles is 1. The van der Waals surface area contributed by atoms with Gasteiger partial charge < -0.3 is 4.74 Å². The van der Waals surface area contributed by atoms with Crippen LogP contribution in [0, 0.1) is 28.8 Å². The van der Waals surface area contributed by atoms with Gasteiger partial charge in [-0.25, -0.2) is 0 Å². The SMILES string of the molecule is CCOC(C#N)C1(CCc2ccc(F)s2)CCN(C(C)(C)c2ccc(C)nc2)C1. The van der Waals surface area contributed by atoms with Crippen molar-refractivity contribution >= 4 is 11.3 Å². The molecule has 0 amide bonds. The predicted octanol–water partition coefficient (Wildman–Crippen LogP) is 5.08. The van der Waals surface area contributed by atoms with Gasteiger partial charge in [0.25, 0.3) is 0 Å². The van der Waals surface area contributed by atoms with Gasteiger partial charge in [0.2, 0.25) is 0 Å². The van der Waals surface area contributed by atoms with E-state index in [0.717, 1.165) is 42.9 Å². The van der Waals surface area contributed by atoms with Gasteiger partial charge in [-0.15, -0.1) is 11.3 Å². The minimum atomic E-state index is -0.464. The highest BCUT2D eigenvalue weighted by Crippen LogP contribution is 2.44. The quantitative estimate of drug-likeness (QED) is 0.603. The summed E-state index contributed by atoms with van der Waals surface area (Å²) in [5.41, 5.74) is 1.72. The number of aromatic nitrogens is 1. The second-order valence-corrected chi connectivity index (χ2v) is 9.57. The van der Waals surface area contributed by atoms with Gasteiger partial charge in [0.15, 0.2) is 11.2 Å². The van der Waals surface area contributed by atoms with Gasteiger partial charge in [-0.2, -0.15) is 9.65 Å². The number of hydrogen-bond donors (Lipinski definition) is 0. The van der Waals surface area contributed by atoms with Crippen molar-refractivity contribution in [1.82, 2.24) is 9.88 Å². The number of aryl methyl sites for hydroxylation is 2. The molecule has 0 bridgehead atoms. The van der Waals surface area contributed by atoms with E-state index in [9.17, 15) is 9.65 Å². The second-order valence-electron chi connectivity index (χ2n) is 8.45. The molecule has 2 aromatic heterocycles. The van der Waals surface area contributed by atoms with Crippen LogP contribution in [-0.4, -0.2) is 35.7 Å². The summed E-state index contributed by atoms with van der Waals surface area (Å²) in [6.45, 7) is 10.5. The molecule has 0 radical (unpaired) electrons. The van der Waals surface area contributed by atoms with Gasteiger partial charge in [0.05, 0.1) is 6.07 Å². The van der Waals surface area contributed by atoms with Crippen molar-refractivity contribution < 1.29 is 9.13 Å². The fourth-order valence-electron chi connectivity index (χ4n) is 4.31. The van der Waals surface area contributed by atoms with Crippen molar-refractivity contribution in [3.05, 3.63) is 51.7 Å². The first-order valence-electron chi connectivity index (χ1n) is 10.2. The summed E-state index contributed by atoms with van der Waals surface area (Å²) in [7, 11) is 0. The van der Waals surface area contributed by atoms with Crippen LogP contribution in [0.15, 0.2) is 30.5 Å². The smallest absolute Gasteiger partial charge is 0.176 e. The lowest BCUT2D eigenvalue weighted by Crippen LogP contribution is -2.45. The lowest BCUT2D eigenvalue weighted by Gasteiger charge is -2.39. The molecule has 0 aromatic carbocycles. The van der Waals surface area contributed by atoms with Crippen LogP contribution >= 0.6 is 11.3 Å². The maximum atomic E-state index is 13.4. The molecule has 0 saturated carbocycles. The molecule has 0 spiro atoms. The first-order chi connectivity index (χ1) is 13.8. The zero-order valence-corrected chi connectivity index (χ0v) is 18.6. The number of pyridine rings is 1. The van der Waals surface area contributed by atoms with Crippen molar-refractivity contribution in [3.8, 4) is 6.07 Å². The lowest BCUT2D eigenvalue weighted by molar-refractivity contribution is -0.00652. The van der Waals surface area contributed by atoms with Crippen molar-refractivity contribution in [2.24, 2.45) is 5.41 Å². The average molecular weight is 416 g/mol. The number of thiophene rings is 1. The van der Waals surface area contributed by atoms with E-state index in [1.54, 1.807) is 0 Å². The molecule has 1 fully saturated rings. The summed E-state index contributed by atoms with van der Waals surface area (Å²) in [4.78, 5) is 7.94. The fraction of sp³-hybridized carbons (Fsp3) is 0.565. The molecule has 2 unspecified atom stereocenters. The number of hydrogen-bond acceptors (Lipinski definition) is 5. The first-order valence-corrected chi connectivity index (χ1v) is 11.1. The molecule has 0 aliphatic carbocycles. The van der Waals surface area contributed by atoms with Gasteiger partial charge >= 0.3 is 0 Å². The Morgan fingerprint density at radius 1 is 1.38 bits per heavy atom. The molecule has 29 heavy (non-hydrogen) atoms. The van der Waals surface area contributed by atoms with E-state index in [1.165, 1.54) is 23.0 Å². The third-order valence-corrected chi connectivity index (χ3v) is 7.23. The minimum absolute atomic E-state index is 0.156. The van der Waals surface area contributed by atoms with Crippen LogP contribution in [0.25, 0.3) is 0 Å². The number of likely N-dealkylation sites (tertiary alicyclic amines) is 1. The molecular weight excluding hydrogens is 385 g/mol. The summed E-state index contributed by atoms with van der Waals surface area (Å²) >= 11 is 1.19. The van der Waals surface area contributed by atoms with E-state index in [4.69, 9.17) is 4.74 Å². The van der Waals surface area contributed by atoms with Crippen molar-refractivity contribution in [2.75, 3.05) is 19.7 Å². The van der Waals surface area contributed by atoms with Crippen molar-refractivity contribution in [1.29, 1.82) is 5.26 Å². The molecule has 3 heterocycles. The topological polar surface area (TPSA) is 49.1 Å². The van der Waals surface area contributed by atoms with Crippen LogP contribution in [0.5, 0.6) is 0 Å². The molecule has 1 aliphatic heterocycles. The van der Waals surface area contributed by atoms with E-state index >= 15 is 0 Å². The fourth-order valence-corrected chi connectivity index (χ4v) is 5.04. The molecule has 1 saturated heterocycles. The molecule has 4 nitrogen and oxygen atoms in total. The Kier molecular flexibility index (Phi) is 6.72. The Bertz CT molecular complexity index is 858. The zero-order valence-electron chi connectivity index (χ0n) is 17.7. The highest BCUT2D eigenvalue weighted by molar-refractivity contribution is 7.10.